The Labute approximate surface area is 238 Å². The molecule has 2 amide bonds. The van der Waals surface area contributed by atoms with Crippen LogP contribution in [0.1, 0.15) is 121 Å². The fraction of sp³-hybridized carbons (Fsp3) is 0.697. The minimum absolute atomic E-state index is 0.0712. The number of phenolic OH excluding ortho intramolecular Hbond substituents is 1. The molecular formula is C33H56N2O4. The molecule has 0 radical (unpaired) electrons. The molecule has 0 spiro atoms. The molecule has 1 aromatic rings. The lowest BCUT2D eigenvalue weighted by atomic mass is 9.84. The Bertz CT molecular complexity index is 953. The van der Waals surface area contributed by atoms with Crippen LogP contribution in [-0.2, 0) is 16.0 Å². The van der Waals surface area contributed by atoms with E-state index in [1.54, 1.807) is 0 Å². The molecule has 5 N–H and O–H groups in total. The van der Waals surface area contributed by atoms with Crippen molar-refractivity contribution in [1.29, 1.82) is 0 Å². The van der Waals surface area contributed by atoms with Crippen LogP contribution in [0.5, 0.6) is 11.5 Å². The van der Waals surface area contributed by atoms with Gasteiger partial charge in [0.1, 0.15) is 17.1 Å². The Morgan fingerprint density at radius 2 is 1.33 bits per heavy atom. The highest BCUT2D eigenvalue weighted by Crippen LogP contribution is 2.44. The van der Waals surface area contributed by atoms with Crippen molar-refractivity contribution in [3.05, 3.63) is 34.4 Å². The van der Waals surface area contributed by atoms with Crippen molar-refractivity contribution in [2.45, 2.75) is 132 Å². The van der Waals surface area contributed by atoms with Gasteiger partial charge in [0.25, 0.3) is 0 Å². The molecule has 222 valence electrons. The maximum atomic E-state index is 10.4. The molecule has 0 fully saturated rings. The van der Waals surface area contributed by atoms with E-state index in [2.05, 4.69) is 53.0 Å². The summed E-state index contributed by atoms with van der Waals surface area (Å²) in [5.41, 5.74) is 13.4. The van der Waals surface area contributed by atoms with Crippen LogP contribution in [0.25, 0.3) is 0 Å². The first-order valence-electron chi connectivity index (χ1n) is 14.9. The van der Waals surface area contributed by atoms with E-state index in [9.17, 15) is 14.7 Å². The number of hydrogen-bond donors (Lipinski definition) is 3. The van der Waals surface area contributed by atoms with Crippen molar-refractivity contribution in [3.8, 4) is 11.5 Å². The van der Waals surface area contributed by atoms with Gasteiger partial charge in [0.2, 0.25) is 11.8 Å². The summed E-state index contributed by atoms with van der Waals surface area (Å²) in [6.45, 7) is 17.9. The second-order valence-electron chi connectivity index (χ2n) is 12.6. The summed E-state index contributed by atoms with van der Waals surface area (Å²) in [4.78, 5) is 19.7. The zero-order valence-electron chi connectivity index (χ0n) is 26.0. The van der Waals surface area contributed by atoms with Crippen LogP contribution in [0.3, 0.4) is 0 Å². The summed E-state index contributed by atoms with van der Waals surface area (Å²) in [5, 5.41) is 10.4. The van der Waals surface area contributed by atoms with Gasteiger partial charge in [-0.15, -0.1) is 0 Å². The van der Waals surface area contributed by atoms with Crippen LogP contribution in [0, 0.1) is 38.5 Å². The zero-order valence-corrected chi connectivity index (χ0v) is 26.0. The van der Waals surface area contributed by atoms with E-state index in [0.29, 0.717) is 5.75 Å². The molecule has 0 saturated carbocycles. The van der Waals surface area contributed by atoms with Crippen LogP contribution < -0.4 is 16.2 Å². The van der Waals surface area contributed by atoms with Crippen LogP contribution in [-0.4, -0.2) is 22.5 Å². The average Bonchev–Trinajstić information content (AvgIpc) is 2.85. The molecule has 0 aromatic heterocycles. The second-order valence-corrected chi connectivity index (χ2v) is 12.6. The SMILES string of the molecule is Cc1c(C)c2c(c(C)c1O)CC[C@@](C)(CCC[C@H](C)CCC[C@H](C)CCCC(C)C)O2.NC(=O)/C=C\C(N)=O. The number of primary amides is 2. The monoisotopic (exact) mass is 544 g/mol. The number of phenols is 1. The van der Waals surface area contributed by atoms with E-state index in [1.165, 1.54) is 56.9 Å². The van der Waals surface area contributed by atoms with Crippen molar-refractivity contribution in [2.75, 3.05) is 0 Å². The van der Waals surface area contributed by atoms with Gasteiger partial charge in [0, 0.05) is 17.7 Å². The van der Waals surface area contributed by atoms with E-state index < -0.39 is 11.8 Å². The molecule has 0 bridgehead atoms. The molecule has 1 heterocycles. The summed E-state index contributed by atoms with van der Waals surface area (Å²) in [6, 6.07) is 0. The van der Waals surface area contributed by atoms with Crippen molar-refractivity contribution >= 4 is 11.8 Å². The molecule has 0 unspecified atom stereocenters. The smallest absolute Gasteiger partial charge is 0.241 e. The van der Waals surface area contributed by atoms with Gasteiger partial charge in [-0.25, -0.2) is 0 Å². The second kappa shape index (κ2) is 16.6. The first kappa shape index (κ1) is 34.5. The highest BCUT2D eigenvalue weighted by atomic mass is 16.5. The lowest BCUT2D eigenvalue weighted by Crippen LogP contribution is -2.37. The first-order valence-corrected chi connectivity index (χ1v) is 14.9. The Morgan fingerprint density at radius 3 is 1.82 bits per heavy atom. The average molecular weight is 545 g/mol. The normalized spacial score (nSPS) is 18.2. The molecule has 0 aliphatic carbocycles. The van der Waals surface area contributed by atoms with E-state index >= 15 is 0 Å². The minimum Gasteiger partial charge on any atom is -0.507 e. The number of carbonyl (C=O) groups is 2. The third-order valence-electron chi connectivity index (χ3n) is 8.28. The topological polar surface area (TPSA) is 116 Å². The first-order chi connectivity index (χ1) is 18.2. The molecule has 2 rings (SSSR count). The quantitative estimate of drug-likeness (QED) is 0.212. The fourth-order valence-electron chi connectivity index (χ4n) is 5.44. The van der Waals surface area contributed by atoms with E-state index in [-0.39, 0.29) is 5.60 Å². The Kier molecular flexibility index (Phi) is 14.7. The van der Waals surface area contributed by atoms with E-state index in [4.69, 9.17) is 4.74 Å². The van der Waals surface area contributed by atoms with Crippen LogP contribution in [0.4, 0.5) is 0 Å². The maximum Gasteiger partial charge on any atom is 0.241 e. The molecular weight excluding hydrogens is 488 g/mol. The van der Waals surface area contributed by atoms with Gasteiger partial charge < -0.3 is 21.3 Å². The summed E-state index contributed by atoms with van der Waals surface area (Å²) in [6.07, 6.45) is 15.9. The van der Waals surface area contributed by atoms with Gasteiger partial charge in [-0.05, 0) is 87.8 Å². The van der Waals surface area contributed by atoms with Crippen LogP contribution >= 0.6 is 0 Å². The predicted octanol–water partition coefficient (Wildman–Crippen LogP) is 7.35. The van der Waals surface area contributed by atoms with Gasteiger partial charge in [-0.1, -0.05) is 72.6 Å². The molecule has 1 aliphatic heterocycles. The largest absolute Gasteiger partial charge is 0.507 e. The maximum absolute atomic E-state index is 10.4. The van der Waals surface area contributed by atoms with Gasteiger partial charge in [-0.2, -0.15) is 0 Å². The van der Waals surface area contributed by atoms with Crippen LogP contribution in [0.2, 0.25) is 0 Å². The summed E-state index contributed by atoms with van der Waals surface area (Å²) >= 11 is 0. The van der Waals surface area contributed by atoms with Crippen molar-refractivity contribution < 1.29 is 19.4 Å². The molecule has 6 heteroatoms. The molecule has 1 aliphatic rings. The van der Waals surface area contributed by atoms with Crippen LogP contribution in [0.15, 0.2) is 12.2 Å². The van der Waals surface area contributed by atoms with Gasteiger partial charge in [0.15, 0.2) is 0 Å². The number of fused-ring (bicyclic) bond motifs is 1. The summed E-state index contributed by atoms with van der Waals surface area (Å²) in [5.74, 6) is 2.68. The van der Waals surface area contributed by atoms with Gasteiger partial charge in [0.05, 0.1) is 0 Å². The molecule has 3 atom stereocenters. The number of amides is 2. The fourth-order valence-corrected chi connectivity index (χ4v) is 5.44. The molecule has 6 nitrogen and oxygen atoms in total. The van der Waals surface area contributed by atoms with Gasteiger partial charge >= 0.3 is 0 Å². The predicted molar refractivity (Wildman–Crippen MR) is 162 cm³/mol. The highest BCUT2D eigenvalue weighted by molar-refractivity contribution is 5.95. The van der Waals surface area contributed by atoms with E-state index in [0.717, 1.165) is 71.6 Å². The number of carbonyl (C=O) groups excluding carboxylic acids is 2. The Balaban J connectivity index is 0.000000824. The lowest BCUT2D eigenvalue weighted by molar-refractivity contribution is -0.115. The van der Waals surface area contributed by atoms with E-state index in [1.807, 2.05) is 13.8 Å². The number of hydrogen-bond acceptors (Lipinski definition) is 4. The minimum atomic E-state index is -0.677. The van der Waals surface area contributed by atoms with Crippen molar-refractivity contribution in [2.24, 2.45) is 29.2 Å². The molecule has 1 aromatic carbocycles. The van der Waals surface area contributed by atoms with Crippen molar-refractivity contribution in [1.82, 2.24) is 0 Å². The summed E-state index contributed by atoms with van der Waals surface area (Å²) < 4.78 is 6.60. The number of benzene rings is 1. The third-order valence-corrected chi connectivity index (χ3v) is 8.28. The molecule has 0 saturated heterocycles. The number of rotatable bonds is 14. The Hall–Kier alpha value is -2.50. The molecule has 39 heavy (non-hydrogen) atoms. The number of nitrogens with two attached hydrogens (primary N) is 2. The summed E-state index contributed by atoms with van der Waals surface area (Å²) in [7, 11) is 0. The Morgan fingerprint density at radius 1 is 0.846 bits per heavy atom. The van der Waals surface area contributed by atoms with Crippen molar-refractivity contribution in [3.63, 3.8) is 0 Å². The standard InChI is InChI=1S/C29H50O2.C4H6N2O2/c1-20(2)12-9-13-21(3)14-10-15-22(4)16-11-18-29(8)19-17-26-25(7)27(30)23(5)24(6)28(26)31-29;5-3(7)1-2-4(6)8/h20-22,30H,9-19H2,1-8H3;1-2H,(H2,5,7)(H2,6,8)/b;2-1-/t21-,22-,29-;/m1./s1. The zero-order chi connectivity index (χ0) is 29.8. The highest BCUT2D eigenvalue weighted by Gasteiger charge is 2.34. The van der Waals surface area contributed by atoms with Gasteiger partial charge in [-0.3, -0.25) is 9.59 Å². The number of ether oxygens (including phenoxy) is 1. The number of aromatic hydroxyl groups is 1. The third kappa shape index (κ3) is 12.5. The lowest BCUT2D eigenvalue weighted by Gasteiger charge is -2.38.